The number of hydrogen-bond donors (Lipinski definition) is 1. The molecular formula is C17H25N3O4. The fourth-order valence-corrected chi connectivity index (χ4v) is 2.69. The number of hydrogen-bond acceptors (Lipinski definition) is 6. The molecule has 132 valence electrons. The molecule has 1 aliphatic heterocycles. The highest BCUT2D eigenvalue weighted by Crippen LogP contribution is 2.23. The number of esters is 1. The van der Waals surface area contributed by atoms with Gasteiger partial charge in [0.05, 0.1) is 12.8 Å². The van der Waals surface area contributed by atoms with Crippen molar-refractivity contribution in [2.45, 2.75) is 45.3 Å². The summed E-state index contributed by atoms with van der Waals surface area (Å²) in [6.07, 6.45) is 2.91. The lowest BCUT2D eigenvalue weighted by Gasteiger charge is -2.35. The lowest BCUT2D eigenvalue weighted by molar-refractivity contribution is 0.0498. The number of aromatic nitrogens is 1. The van der Waals surface area contributed by atoms with Gasteiger partial charge in [0.2, 0.25) is 0 Å². The third-order valence-electron chi connectivity index (χ3n) is 3.65. The molecule has 2 rings (SSSR count). The Labute approximate surface area is 142 Å². The lowest BCUT2D eigenvalue weighted by Crippen LogP contribution is -2.49. The van der Waals surface area contributed by atoms with Crippen molar-refractivity contribution in [1.29, 1.82) is 0 Å². The molecule has 1 amide bonds. The molecule has 7 nitrogen and oxygen atoms in total. The van der Waals surface area contributed by atoms with Crippen molar-refractivity contribution >= 4 is 17.7 Å². The molecule has 1 N–H and O–H groups in total. The summed E-state index contributed by atoms with van der Waals surface area (Å²) in [7, 11) is 1.34. The molecule has 1 aromatic rings. The number of anilines is 1. The van der Waals surface area contributed by atoms with Gasteiger partial charge in [-0.15, -0.1) is 0 Å². The van der Waals surface area contributed by atoms with Gasteiger partial charge in [-0.05, 0) is 45.7 Å². The molecule has 1 fully saturated rings. The molecule has 0 saturated carbocycles. The van der Waals surface area contributed by atoms with Crippen molar-refractivity contribution in [2.24, 2.45) is 0 Å². The van der Waals surface area contributed by atoms with Crippen LogP contribution in [0.5, 0.6) is 0 Å². The summed E-state index contributed by atoms with van der Waals surface area (Å²) in [4.78, 5) is 30.0. The standard InChI is InChI=1S/C17H25N3O4/c1-17(2,3)24-16(22)19-12-7-6-10-20(11-12)13-8-5-9-18-14(13)15(21)23-4/h5,8-9,12H,6-7,10-11H2,1-4H3,(H,19,22)/t12-/m0/s1. The van der Waals surface area contributed by atoms with Gasteiger partial charge < -0.3 is 19.7 Å². The normalized spacial score (nSPS) is 18.0. The van der Waals surface area contributed by atoms with Crippen molar-refractivity contribution < 1.29 is 19.1 Å². The number of alkyl carbamates (subject to hydrolysis) is 1. The van der Waals surface area contributed by atoms with Crippen LogP contribution < -0.4 is 10.2 Å². The van der Waals surface area contributed by atoms with E-state index in [0.717, 1.165) is 25.1 Å². The van der Waals surface area contributed by atoms with Crippen LogP contribution in [0.25, 0.3) is 0 Å². The van der Waals surface area contributed by atoms with E-state index in [-0.39, 0.29) is 11.7 Å². The van der Waals surface area contributed by atoms with E-state index < -0.39 is 17.7 Å². The zero-order valence-corrected chi connectivity index (χ0v) is 14.7. The molecule has 0 spiro atoms. The molecule has 24 heavy (non-hydrogen) atoms. The first-order chi connectivity index (χ1) is 11.3. The van der Waals surface area contributed by atoms with Crippen molar-refractivity contribution in [3.63, 3.8) is 0 Å². The highest BCUT2D eigenvalue weighted by Gasteiger charge is 2.27. The molecule has 0 bridgehead atoms. The number of pyridine rings is 1. The summed E-state index contributed by atoms with van der Waals surface area (Å²) in [6, 6.07) is 3.58. The van der Waals surface area contributed by atoms with Gasteiger partial charge in [-0.25, -0.2) is 14.6 Å². The summed E-state index contributed by atoms with van der Waals surface area (Å²) in [5, 5.41) is 2.90. The molecule has 0 unspecified atom stereocenters. The third kappa shape index (κ3) is 4.84. The van der Waals surface area contributed by atoms with E-state index in [9.17, 15) is 9.59 Å². The number of rotatable bonds is 3. The molecule has 2 heterocycles. The highest BCUT2D eigenvalue weighted by atomic mass is 16.6. The van der Waals surface area contributed by atoms with Crippen LogP contribution in [0.3, 0.4) is 0 Å². The SMILES string of the molecule is COC(=O)c1ncccc1N1CCC[C@H](NC(=O)OC(C)(C)C)C1. The Hall–Kier alpha value is -2.31. The van der Waals surface area contributed by atoms with E-state index in [2.05, 4.69) is 10.3 Å². The van der Waals surface area contributed by atoms with Gasteiger partial charge >= 0.3 is 12.1 Å². The minimum Gasteiger partial charge on any atom is -0.464 e. The van der Waals surface area contributed by atoms with Crippen molar-refractivity contribution in [1.82, 2.24) is 10.3 Å². The summed E-state index contributed by atoms with van der Waals surface area (Å²) in [5.41, 5.74) is 0.484. The maximum absolute atomic E-state index is 12.0. The molecule has 0 aliphatic carbocycles. The van der Waals surface area contributed by atoms with Gasteiger partial charge in [0.15, 0.2) is 5.69 Å². The van der Waals surface area contributed by atoms with E-state index in [1.54, 1.807) is 12.3 Å². The van der Waals surface area contributed by atoms with Gasteiger partial charge in [0.1, 0.15) is 5.60 Å². The van der Waals surface area contributed by atoms with E-state index in [4.69, 9.17) is 9.47 Å². The Kier molecular flexibility index (Phi) is 5.64. The quantitative estimate of drug-likeness (QED) is 0.854. The van der Waals surface area contributed by atoms with Gasteiger partial charge in [-0.3, -0.25) is 0 Å². The van der Waals surface area contributed by atoms with E-state index in [1.807, 2.05) is 31.7 Å². The van der Waals surface area contributed by atoms with Gasteiger partial charge in [-0.2, -0.15) is 0 Å². The van der Waals surface area contributed by atoms with Gasteiger partial charge in [-0.1, -0.05) is 0 Å². The van der Waals surface area contributed by atoms with Crippen LogP contribution in [0.15, 0.2) is 18.3 Å². The average molecular weight is 335 g/mol. The van der Waals surface area contributed by atoms with E-state index in [0.29, 0.717) is 6.54 Å². The molecule has 0 aromatic carbocycles. The Bertz CT molecular complexity index is 598. The Balaban J connectivity index is 2.06. The molecule has 1 aromatic heterocycles. The smallest absolute Gasteiger partial charge is 0.407 e. The lowest BCUT2D eigenvalue weighted by atomic mass is 10.0. The first-order valence-electron chi connectivity index (χ1n) is 8.08. The number of carbonyl (C=O) groups excluding carboxylic acids is 2. The number of ether oxygens (including phenoxy) is 2. The van der Waals surface area contributed by atoms with Crippen LogP contribution in [0.1, 0.15) is 44.1 Å². The minimum atomic E-state index is -0.528. The van der Waals surface area contributed by atoms with Crippen molar-refractivity contribution in [2.75, 3.05) is 25.1 Å². The summed E-state index contributed by atoms with van der Waals surface area (Å²) in [6.45, 7) is 6.88. The van der Waals surface area contributed by atoms with Crippen LogP contribution in [0.4, 0.5) is 10.5 Å². The summed E-state index contributed by atoms with van der Waals surface area (Å²) in [5.74, 6) is -0.465. The molecule has 7 heteroatoms. The monoisotopic (exact) mass is 335 g/mol. The molecule has 1 saturated heterocycles. The van der Waals surface area contributed by atoms with Crippen LogP contribution >= 0.6 is 0 Å². The van der Waals surface area contributed by atoms with Gasteiger partial charge in [0.25, 0.3) is 0 Å². The topological polar surface area (TPSA) is 80.8 Å². The number of nitrogens with zero attached hydrogens (tertiary/aromatic N) is 2. The first-order valence-corrected chi connectivity index (χ1v) is 8.08. The zero-order valence-electron chi connectivity index (χ0n) is 14.7. The largest absolute Gasteiger partial charge is 0.464 e. The third-order valence-corrected chi connectivity index (χ3v) is 3.65. The summed E-state index contributed by atoms with van der Waals surface area (Å²) < 4.78 is 10.1. The summed E-state index contributed by atoms with van der Waals surface area (Å²) >= 11 is 0. The second-order valence-corrected chi connectivity index (χ2v) is 6.79. The number of piperidine rings is 1. The maximum atomic E-state index is 12.0. The number of methoxy groups -OCH3 is 1. The predicted molar refractivity (Wildman–Crippen MR) is 90.2 cm³/mol. The van der Waals surface area contributed by atoms with E-state index >= 15 is 0 Å². The van der Waals surface area contributed by atoms with E-state index in [1.165, 1.54) is 7.11 Å². The molecule has 0 radical (unpaired) electrons. The van der Waals surface area contributed by atoms with Gasteiger partial charge in [0, 0.05) is 25.3 Å². The molecule has 1 aliphatic rings. The molecule has 1 atom stereocenters. The second kappa shape index (κ2) is 7.51. The second-order valence-electron chi connectivity index (χ2n) is 6.79. The maximum Gasteiger partial charge on any atom is 0.407 e. The fourth-order valence-electron chi connectivity index (χ4n) is 2.69. The fraction of sp³-hybridized carbons (Fsp3) is 0.588. The number of amides is 1. The predicted octanol–water partition coefficient (Wildman–Crippen LogP) is 2.36. The first kappa shape index (κ1) is 18.0. The van der Waals surface area contributed by atoms with Crippen LogP contribution in [-0.4, -0.2) is 48.9 Å². The van der Waals surface area contributed by atoms with Crippen molar-refractivity contribution in [3.05, 3.63) is 24.0 Å². The van der Waals surface area contributed by atoms with Crippen LogP contribution in [-0.2, 0) is 9.47 Å². The Morgan fingerprint density at radius 2 is 2.12 bits per heavy atom. The van der Waals surface area contributed by atoms with Crippen molar-refractivity contribution in [3.8, 4) is 0 Å². The number of nitrogens with one attached hydrogen (secondary N) is 1. The van der Waals surface area contributed by atoms with Crippen LogP contribution in [0.2, 0.25) is 0 Å². The Morgan fingerprint density at radius 3 is 2.79 bits per heavy atom. The zero-order chi connectivity index (χ0) is 17.7. The highest BCUT2D eigenvalue weighted by molar-refractivity contribution is 5.93. The number of carbonyl (C=O) groups is 2. The van der Waals surface area contributed by atoms with Crippen LogP contribution in [0, 0.1) is 0 Å². The average Bonchev–Trinajstić information content (AvgIpc) is 2.52. The molecular weight excluding hydrogens is 310 g/mol. The minimum absolute atomic E-state index is 0.0423. The Morgan fingerprint density at radius 1 is 1.38 bits per heavy atom.